The van der Waals surface area contributed by atoms with Crippen LogP contribution in [0.2, 0.25) is 0 Å². The molecule has 0 saturated heterocycles. The van der Waals surface area contributed by atoms with E-state index < -0.39 is 10.0 Å². The van der Waals surface area contributed by atoms with Crippen LogP contribution in [0, 0.1) is 20.8 Å². The second-order valence-corrected chi connectivity index (χ2v) is 8.58. The van der Waals surface area contributed by atoms with Crippen molar-refractivity contribution in [1.82, 2.24) is 0 Å². The van der Waals surface area contributed by atoms with Gasteiger partial charge in [-0.05, 0) is 43.5 Å². The van der Waals surface area contributed by atoms with Crippen molar-refractivity contribution in [2.45, 2.75) is 32.1 Å². The number of sulfonamides is 1. The van der Waals surface area contributed by atoms with E-state index >= 15 is 0 Å². The standard InChI is InChI=1S/C18H19NO2S2/c1-11-8-12(2)15(13(3)9-11)10-17-18(23(19,20)21)14-6-4-5-7-16(14)22-17/h4-9H,10H2,1-3H3,(H2,19,20,21). The molecule has 0 aliphatic carbocycles. The van der Waals surface area contributed by atoms with Crippen LogP contribution in [0.5, 0.6) is 0 Å². The van der Waals surface area contributed by atoms with Gasteiger partial charge in [0.05, 0.1) is 0 Å². The normalized spacial score (nSPS) is 12.0. The Morgan fingerprint density at radius 3 is 2.26 bits per heavy atom. The van der Waals surface area contributed by atoms with Crippen molar-refractivity contribution in [3.05, 3.63) is 63.5 Å². The van der Waals surface area contributed by atoms with E-state index in [-0.39, 0.29) is 4.90 Å². The number of nitrogens with two attached hydrogens (primary N) is 1. The zero-order valence-corrected chi connectivity index (χ0v) is 15.0. The molecule has 1 aromatic heterocycles. The van der Waals surface area contributed by atoms with Crippen molar-refractivity contribution in [2.75, 3.05) is 0 Å². The summed E-state index contributed by atoms with van der Waals surface area (Å²) in [6.45, 7) is 6.21. The highest BCUT2D eigenvalue weighted by Gasteiger charge is 2.22. The van der Waals surface area contributed by atoms with Gasteiger partial charge in [-0.1, -0.05) is 35.9 Å². The Morgan fingerprint density at radius 2 is 1.65 bits per heavy atom. The first-order valence-electron chi connectivity index (χ1n) is 7.37. The van der Waals surface area contributed by atoms with Crippen LogP contribution in [-0.4, -0.2) is 8.42 Å². The zero-order valence-electron chi connectivity index (χ0n) is 13.4. The molecule has 3 nitrogen and oxygen atoms in total. The lowest BCUT2D eigenvalue weighted by atomic mass is 9.97. The maximum absolute atomic E-state index is 12.1. The summed E-state index contributed by atoms with van der Waals surface area (Å²) >= 11 is 1.51. The van der Waals surface area contributed by atoms with E-state index in [1.165, 1.54) is 33.6 Å². The first kappa shape index (κ1) is 16.2. The molecular formula is C18H19NO2S2. The monoisotopic (exact) mass is 345 g/mol. The van der Waals surface area contributed by atoms with E-state index in [1.807, 2.05) is 24.3 Å². The van der Waals surface area contributed by atoms with Gasteiger partial charge in [0, 0.05) is 21.4 Å². The summed E-state index contributed by atoms with van der Waals surface area (Å²) < 4.78 is 25.2. The minimum Gasteiger partial charge on any atom is -0.225 e. The number of hydrogen-bond acceptors (Lipinski definition) is 3. The summed E-state index contributed by atoms with van der Waals surface area (Å²) in [5.74, 6) is 0. The molecule has 0 spiro atoms. The molecule has 0 amide bonds. The van der Waals surface area contributed by atoms with Crippen LogP contribution in [0.15, 0.2) is 41.3 Å². The number of hydrogen-bond donors (Lipinski definition) is 1. The molecule has 120 valence electrons. The molecule has 0 radical (unpaired) electrons. The van der Waals surface area contributed by atoms with E-state index in [4.69, 9.17) is 5.14 Å². The van der Waals surface area contributed by atoms with Crippen LogP contribution in [0.25, 0.3) is 10.1 Å². The van der Waals surface area contributed by atoms with Gasteiger partial charge in [0.15, 0.2) is 0 Å². The van der Waals surface area contributed by atoms with Gasteiger partial charge < -0.3 is 0 Å². The first-order chi connectivity index (χ1) is 10.8. The van der Waals surface area contributed by atoms with E-state index in [1.54, 1.807) is 0 Å². The number of primary sulfonamides is 1. The fourth-order valence-corrected chi connectivity index (χ4v) is 5.67. The van der Waals surface area contributed by atoms with Gasteiger partial charge in [-0.25, -0.2) is 13.6 Å². The van der Waals surface area contributed by atoms with Crippen LogP contribution in [0.4, 0.5) is 0 Å². The van der Waals surface area contributed by atoms with Crippen LogP contribution in [0.3, 0.4) is 0 Å². The Morgan fingerprint density at radius 1 is 1.04 bits per heavy atom. The number of fused-ring (bicyclic) bond motifs is 1. The summed E-state index contributed by atoms with van der Waals surface area (Å²) in [4.78, 5) is 1.08. The molecule has 0 aliphatic heterocycles. The molecule has 0 fully saturated rings. The Balaban J connectivity index is 2.22. The first-order valence-corrected chi connectivity index (χ1v) is 9.73. The third-order valence-electron chi connectivity index (χ3n) is 4.08. The average Bonchev–Trinajstić information content (AvgIpc) is 2.80. The second-order valence-electron chi connectivity index (χ2n) is 5.95. The summed E-state index contributed by atoms with van der Waals surface area (Å²) in [7, 11) is -3.76. The summed E-state index contributed by atoms with van der Waals surface area (Å²) in [5.41, 5.74) is 4.75. The van der Waals surface area contributed by atoms with Crippen molar-refractivity contribution >= 4 is 31.4 Å². The van der Waals surface area contributed by atoms with E-state index in [9.17, 15) is 8.42 Å². The van der Waals surface area contributed by atoms with Crippen molar-refractivity contribution in [1.29, 1.82) is 0 Å². The lowest BCUT2D eigenvalue weighted by molar-refractivity contribution is 0.598. The highest BCUT2D eigenvalue weighted by Crippen LogP contribution is 2.36. The van der Waals surface area contributed by atoms with E-state index in [2.05, 4.69) is 32.9 Å². The fraction of sp³-hybridized carbons (Fsp3) is 0.222. The molecule has 23 heavy (non-hydrogen) atoms. The van der Waals surface area contributed by atoms with Crippen LogP contribution in [0.1, 0.15) is 27.1 Å². The van der Waals surface area contributed by atoms with Crippen LogP contribution < -0.4 is 5.14 Å². The SMILES string of the molecule is Cc1cc(C)c(Cc2sc3ccccc3c2S(N)(=O)=O)c(C)c1. The van der Waals surface area contributed by atoms with Crippen molar-refractivity contribution in [3.63, 3.8) is 0 Å². The molecule has 1 heterocycles. The molecule has 2 N–H and O–H groups in total. The van der Waals surface area contributed by atoms with E-state index in [0.717, 1.165) is 15.0 Å². The van der Waals surface area contributed by atoms with Gasteiger partial charge in [-0.3, -0.25) is 0 Å². The highest BCUT2D eigenvalue weighted by molar-refractivity contribution is 7.89. The maximum Gasteiger partial charge on any atom is 0.239 e. The molecule has 0 bridgehead atoms. The predicted molar refractivity (Wildman–Crippen MR) is 96.7 cm³/mol. The molecule has 3 rings (SSSR count). The fourth-order valence-electron chi connectivity index (χ4n) is 3.15. The highest BCUT2D eigenvalue weighted by atomic mass is 32.2. The average molecular weight is 345 g/mol. The van der Waals surface area contributed by atoms with Crippen LogP contribution >= 0.6 is 11.3 Å². The molecular weight excluding hydrogens is 326 g/mol. The van der Waals surface area contributed by atoms with Gasteiger partial charge in [-0.2, -0.15) is 0 Å². The lowest BCUT2D eigenvalue weighted by Gasteiger charge is -2.11. The molecule has 0 aliphatic rings. The molecule has 3 aromatic rings. The molecule has 2 aromatic carbocycles. The maximum atomic E-state index is 12.1. The van der Waals surface area contributed by atoms with Gasteiger partial charge in [-0.15, -0.1) is 11.3 Å². The van der Waals surface area contributed by atoms with E-state index in [0.29, 0.717) is 6.42 Å². The van der Waals surface area contributed by atoms with Crippen molar-refractivity contribution < 1.29 is 8.42 Å². The molecule has 0 unspecified atom stereocenters. The summed E-state index contributed by atoms with van der Waals surface area (Å²) in [6.07, 6.45) is 0.586. The number of rotatable bonds is 3. The third kappa shape index (κ3) is 3.04. The largest absolute Gasteiger partial charge is 0.239 e. The molecule has 0 saturated carbocycles. The molecule has 0 atom stereocenters. The smallest absolute Gasteiger partial charge is 0.225 e. The number of thiophene rings is 1. The lowest BCUT2D eigenvalue weighted by Crippen LogP contribution is -2.13. The number of aryl methyl sites for hydroxylation is 3. The topological polar surface area (TPSA) is 60.2 Å². The van der Waals surface area contributed by atoms with Crippen molar-refractivity contribution in [2.24, 2.45) is 5.14 Å². The van der Waals surface area contributed by atoms with Gasteiger partial charge in [0.25, 0.3) is 0 Å². The second kappa shape index (κ2) is 5.74. The van der Waals surface area contributed by atoms with Crippen molar-refractivity contribution in [3.8, 4) is 0 Å². The third-order valence-corrected chi connectivity index (χ3v) is 6.42. The summed E-state index contributed by atoms with van der Waals surface area (Å²) in [6, 6.07) is 11.8. The minimum atomic E-state index is -3.76. The predicted octanol–water partition coefficient (Wildman–Crippen LogP) is 4.06. The zero-order chi connectivity index (χ0) is 16.8. The summed E-state index contributed by atoms with van der Waals surface area (Å²) in [5, 5.41) is 6.22. The minimum absolute atomic E-state index is 0.275. The Hall–Kier alpha value is -1.69. The Bertz CT molecular complexity index is 978. The van der Waals surface area contributed by atoms with Crippen LogP contribution in [-0.2, 0) is 16.4 Å². The van der Waals surface area contributed by atoms with Gasteiger partial charge in [0.1, 0.15) is 4.90 Å². The van der Waals surface area contributed by atoms with Gasteiger partial charge in [0.2, 0.25) is 10.0 Å². The quantitative estimate of drug-likeness (QED) is 0.778. The molecule has 5 heteroatoms. The Labute approximate surface area is 140 Å². The Kier molecular flexibility index (Phi) is 4.04. The number of benzene rings is 2. The van der Waals surface area contributed by atoms with Gasteiger partial charge >= 0.3 is 0 Å².